The highest BCUT2D eigenvalue weighted by Gasteiger charge is 2.28. The molecule has 0 unspecified atom stereocenters. The SMILES string of the molecule is CC.CCC.Cc1ccc2c(c1)nc(C1CC1)n2C. The number of fused-ring (bicyclic) bond motifs is 1. The molecule has 106 valence electrons. The summed E-state index contributed by atoms with van der Waals surface area (Å²) >= 11 is 0. The number of hydrogen-bond donors (Lipinski definition) is 0. The van der Waals surface area contributed by atoms with Gasteiger partial charge in [0.15, 0.2) is 0 Å². The molecule has 1 fully saturated rings. The van der Waals surface area contributed by atoms with E-state index < -0.39 is 0 Å². The van der Waals surface area contributed by atoms with Gasteiger partial charge in [-0.05, 0) is 37.5 Å². The molecule has 1 heterocycles. The molecule has 1 aliphatic rings. The predicted molar refractivity (Wildman–Crippen MR) is 84.7 cm³/mol. The van der Waals surface area contributed by atoms with Gasteiger partial charge in [-0.15, -0.1) is 0 Å². The fourth-order valence-electron chi connectivity index (χ4n) is 2.04. The Hall–Kier alpha value is -1.31. The van der Waals surface area contributed by atoms with E-state index >= 15 is 0 Å². The van der Waals surface area contributed by atoms with Crippen molar-refractivity contribution in [2.45, 2.75) is 59.8 Å². The average Bonchev–Trinajstić information content (AvgIpc) is 3.19. The van der Waals surface area contributed by atoms with Gasteiger partial charge in [-0.1, -0.05) is 40.2 Å². The van der Waals surface area contributed by atoms with Gasteiger partial charge in [0.25, 0.3) is 0 Å². The maximum absolute atomic E-state index is 4.70. The van der Waals surface area contributed by atoms with E-state index in [0.29, 0.717) is 0 Å². The van der Waals surface area contributed by atoms with Crippen LogP contribution in [0.3, 0.4) is 0 Å². The predicted octanol–water partition coefficient (Wildman–Crippen LogP) is 5.20. The number of aryl methyl sites for hydroxylation is 2. The third-order valence-electron chi connectivity index (χ3n) is 3.01. The topological polar surface area (TPSA) is 17.8 Å². The second kappa shape index (κ2) is 7.32. The summed E-state index contributed by atoms with van der Waals surface area (Å²) in [6, 6.07) is 6.49. The first kappa shape index (κ1) is 15.7. The van der Waals surface area contributed by atoms with E-state index in [9.17, 15) is 0 Å². The molecule has 1 aromatic heterocycles. The van der Waals surface area contributed by atoms with Crippen molar-refractivity contribution in [3.63, 3.8) is 0 Å². The van der Waals surface area contributed by atoms with Crippen LogP contribution in [-0.4, -0.2) is 9.55 Å². The van der Waals surface area contributed by atoms with Gasteiger partial charge in [-0.2, -0.15) is 0 Å². The summed E-state index contributed by atoms with van der Waals surface area (Å²) in [5.41, 5.74) is 3.70. The minimum Gasteiger partial charge on any atom is -0.331 e. The van der Waals surface area contributed by atoms with Gasteiger partial charge in [0.05, 0.1) is 11.0 Å². The second-order valence-corrected chi connectivity index (χ2v) is 5.00. The normalized spacial score (nSPS) is 13.4. The third kappa shape index (κ3) is 3.82. The molecule has 1 aliphatic carbocycles. The maximum Gasteiger partial charge on any atom is 0.112 e. The molecule has 0 spiro atoms. The number of benzene rings is 1. The highest BCUT2D eigenvalue weighted by molar-refractivity contribution is 5.77. The lowest BCUT2D eigenvalue weighted by Gasteiger charge is -1.98. The largest absolute Gasteiger partial charge is 0.331 e. The molecule has 2 aromatic rings. The standard InChI is InChI=1S/C12H14N2.C3H8.C2H6/c1-8-3-6-11-10(7-8)13-12(14(11)2)9-4-5-9;1-3-2;1-2/h3,6-7,9H,4-5H2,1-2H3;3H2,1-2H3;1-2H3. The Kier molecular flexibility index (Phi) is 6.07. The van der Waals surface area contributed by atoms with Crippen LogP contribution in [0, 0.1) is 6.92 Å². The molecule has 0 aliphatic heterocycles. The molecule has 0 atom stereocenters. The van der Waals surface area contributed by atoms with E-state index in [-0.39, 0.29) is 0 Å². The molecule has 1 aromatic carbocycles. The van der Waals surface area contributed by atoms with Crippen LogP contribution in [0.15, 0.2) is 18.2 Å². The van der Waals surface area contributed by atoms with Crippen molar-refractivity contribution in [2.75, 3.05) is 0 Å². The first-order chi connectivity index (χ1) is 9.17. The van der Waals surface area contributed by atoms with Gasteiger partial charge in [-0.25, -0.2) is 4.98 Å². The summed E-state index contributed by atoms with van der Waals surface area (Å²) in [7, 11) is 2.12. The number of rotatable bonds is 1. The summed E-state index contributed by atoms with van der Waals surface area (Å²) < 4.78 is 2.24. The zero-order chi connectivity index (χ0) is 14.4. The van der Waals surface area contributed by atoms with Crippen LogP contribution in [0.25, 0.3) is 11.0 Å². The Morgan fingerprint density at radius 1 is 1.21 bits per heavy atom. The van der Waals surface area contributed by atoms with E-state index in [1.54, 1.807) is 0 Å². The lowest BCUT2D eigenvalue weighted by Crippen LogP contribution is -1.94. The van der Waals surface area contributed by atoms with E-state index in [0.717, 1.165) is 11.4 Å². The molecule has 1 saturated carbocycles. The molecule has 0 N–H and O–H groups in total. The van der Waals surface area contributed by atoms with Crippen LogP contribution in [-0.2, 0) is 7.05 Å². The Morgan fingerprint density at radius 3 is 2.32 bits per heavy atom. The van der Waals surface area contributed by atoms with Crippen molar-refractivity contribution >= 4 is 11.0 Å². The molecule has 0 saturated heterocycles. The maximum atomic E-state index is 4.70. The van der Waals surface area contributed by atoms with Crippen molar-refractivity contribution in [1.29, 1.82) is 0 Å². The van der Waals surface area contributed by atoms with Crippen LogP contribution in [0.4, 0.5) is 0 Å². The van der Waals surface area contributed by atoms with Crippen LogP contribution in [0.2, 0.25) is 0 Å². The van der Waals surface area contributed by atoms with Crippen LogP contribution < -0.4 is 0 Å². The van der Waals surface area contributed by atoms with Gasteiger partial charge in [0.2, 0.25) is 0 Å². The second-order valence-electron chi connectivity index (χ2n) is 5.00. The summed E-state index contributed by atoms with van der Waals surface area (Å²) in [5, 5.41) is 0. The van der Waals surface area contributed by atoms with E-state index in [2.05, 4.69) is 50.6 Å². The lowest BCUT2D eigenvalue weighted by molar-refractivity contribution is 0.820. The van der Waals surface area contributed by atoms with Crippen molar-refractivity contribution in [3.8, 4) is 0 Å². The molecule has 0 radical (unpaired) electrons. The lowest BCUT2D eigenvalue weighted by atomic mass is 10.2. The number of nitrogens with zero attached hydrogens (tertiary/aromatic N) is 2. The van der Waals surface area contributed by atoms with Crippen LogP contribution in [0.5, 0.6) is 0 Å². The van der Waals surface area contributed by atoms with Crippen LogP contribution in [0.1, 0.15) is 64.3 Å². The number of hydrogen-bond acceptors (Lipinski definition) is 1. The molecule has 19 heavy (non-hydrogen) atoms. The summed E-state index contributed by atoms with van der Waals surface area (Å²) in [6.07, 6.45) is 3.88. The Labute approximate surface area is 117 Å². The zero-order valence-electron chi connectivity index (χ0n) is 13.3. The Bertz CT molecular complexity index is 507. The minimum absolute atomic E-state index is 0.729. The highest BCUT2D eigenvalue weighted by atomic mass is 15.1. The van der Waals surface area contributed by atoms with E-state index in [1.165, 1.54) is 36.2 Å². The minimum atomic E-state index is 0.729. The average molecular weight is 260 g/mol. The highest BCUT2D eigenvalue weighted by Crippen LogP contribution is 2.40. The quantitative estimate of drug-likeness (QED) is 0.689. The van der Waals surface area contributed by atoms with Crippen molar-refractivity contribution < 1.29 is 0 Å². The molecule has 2 heteroatoms. The summed E-state index contributed by atoms with van der Waals surface area (Å²) in [4.78, 5) is 4.70. The smallest absolute Gasteiger partial charge is 0.112 e. The number of aromatic nitrogens is 2. The van der Waals surface area contributed by atoms with Gasteiger partial charge >= 0.3 is 0 Å². The molecule has 0 amide bonds. The first-order valence-corrected chi connectivity index (χ1v) is 7.60. The summed E-state index contributed by atoms with van der Waals surface area (Å²) in [6.45, 7) is 10.4. The fourth-order valence-corrected chi connectivity index (χ4v) is 2.04. The molecule has 0 bridgehead atoms. The van der Waals surface area contributed by atoms with Gasteiger partial charge in [-0.3, -0.25) is 0 Å². The van der Waals surface area contributed by atoms with Crippen molar-refractivity contribution in [3.05, 3.63) is 29.6 Å². The van der Waals surface area contributed by atoms with Crippen LogP contribution >= 0.6 is 0 Å². The van der Waals surface area contributed by atoms with Gasteiger partial charge in [0, 0.05) is 13.0 Å². The number of imidazole rings is 1. The van der Waals surface area contributed by atoms with Gasteiger partial charge in [0.1, 0.15) is 5.82 Å². The monoisotopic (exact) mass is 260 g/mol. The first-order valence-electron chi connectivity index (χ1n) is 7.60. The van der Waals surface area contributed by atoms with E-state index in [4.69, 9.17) is 4.98 Å². The van der Waals surface area contributed by atoms with Gasteiger partial charge < -0.3 is 4.57 Å². The molecule has 3 rings (SSSR count). The fraction of sp³-hybridized carbons (Fsp3) is 0.588. The van der Waals surface area contributed by atoms with Crippen molar-refractivity contribution in [1.82, 2.24) is 9.55 Å². The summed E-state index contributed by atoms with van der Waals surface area (Å²) in [5.74, 6) is 2.00. The molecular weight excluding hydrogens is 232 g/mol. The molecular formula is C17H28N2. The zero-order valence-corrected chi connectivity index (χ0v) is 13.3. The molecule has 2 nitrogen and oxygen atoms in total. The third-order valence-corrected chi connectivity index (χ3v) is 3.01. The van der Waals surface area contributed by atoms with E-state index in [1.807, 2.05) is 13.8 Å². The Morgan fingerprint density at radius 2 is 1.79 bits per heavy atom. The van der Waals surface area contributed by atoms with Crippen molar-refractivity contribution in [2.24, 2.45) is 7.05 Å². The Balaban J connectivity index is 0.000000321.